The van der Waals surface area contributed by atoms with Crippen molar-refractivity contribution in [1.82, 2.24) is 5.43 Å². The van der Waals surface area contributed by atoms with Gasteiger partial charge in [0.05, 0.1) is 12.8 Å². The van der Waals surface area contributed by atoms with Gasteiger partial charge in [-0.2, -0.15) is 5.10 Å². The molecule has 2 aromatic carbocycles. The number of carbonyl (C=O) groups excluding carboxylic acids is 1. The summed E-state index contributed by atoms with van der Waals surface area (Å²) >= 11 is 3.43. The molecule has 0 saturated carbocycles. The molecule has 0 radical (unpaired) electrons. The van der Waals surface area contributed by atoms with Gasteiger partial charge in [-0.15, -0.1) is 0 Å². The Bertz CT molecular complexity index is 773. The van der Waals surface area contributed by atoms with Gasteiger partial charge in [0, 0.05) is 10.0 Å². The van der Waals surface area contributed by atoms with Crippen molar-refractivity contribution in [2.75, 3.05) is 13.2 Å². The minimum atomic E-state index is -0.329. The third-order valence-corrected chi connectivity index (χ3v) is 4.24. The van der Waals surface area contributed by atoms with Crippen LogP contribution in [0.25, 0.3) is 0 Å². The van der Waals surface area contributed by atoms with Crippen LogP contribution in [0.4, 0.5) is 0 Å². The minimum Gasteiger partial charge on any atom is -0.493 e. The Morgan fingerprint density at radius 2 is 1.93 bits per heavy atom. The molecule has 1 N–H and O–H groups in total. The van der Waals surface area contributed by atoms with Crippen LogP contribution < -0.4 is 14.9 Å². The van der Waals surface area contributed by atoms with Crippen LogP contribution in [0.2, 0.25) is 0 Å². The topological polar surface area (TPSA) is 59.9 Å². The fourth-order valence-corrected chi connectivity index (χ4v) is 2.65. The molecule has 27 heavy (non-hydrogen) atoms. The Kier molecular flexibility index (Phi) is 8.33. The standard InChI is InChI=1S/C21H25BrN2O3/c1-4-11-26-20-10-7-18(22)12-17(20)13-23-24-21(25)14-27-19-8-5-16(6-9-19)15(2)3/h5-10,12-13,15H,4,11,14H2,1-3H3,(H,24,25)/b23-13-. The first-order valence-electron chi connectivity index (χ1n) is 8.96. The Labute approximate surface area is 168 Å². The number of amides is 1. The Hall–Kier alpha value is -2.34. The van der Waals surface area contributed by atoms with Crippen LogP contribution in [0.15, 0.2) is 52.0 Å². The molecule has 1 amide bonds. The normalized spacial score (nSPS) is 11.0. The number of hydrogen-bond donors (Lipinski definition) is 1. The van der Waals surface area contributed by atoms with Gasteiger partial charge >= 0.3 is 0 Å². The number of hydrogen-bond acceptors (Lipinski definition) is 4. The van der Waals surface area contributed by atoms with Gasteiger partial charge in [0.1, 0.15) is 11.5 Å². The first-order chi connectivity index (χ1) is 13.0. The van der Waals surface area contributed by atoms with Crippen LogP contribution in [0.5, 0.6) is 11.5 Å². The zero-order valence-electron chi connectivity index (χ0n) is 15.9. The van der Waals surface area contributed by atoms with E-state index in [2.05, 4.69) is 40.3 Å². The molecular formula is C21H25BrN2O3. The van der Waals surface area contributed by atoms with Gasteiger partial charge in [0.2, 0.25) is 0 Å². The molecule has 2 aromatic rings. The SMILES string of the molecule is CCCOc1ccc(Br)cc1/C=N\NC(=O)COc1ccc(C(C)C)cc1. The van der Waals surface area contributed by atoms with Crippen LogP contribution >= 0.6 is 15.9 Å². The van der Waals surface area contributed by atoms with Crippen LogP contribution in [0.1, 0.15) is 44.2 Å². The number of nitrogens with one attached hydrogen (secondary N) is 1. The molecule has 5 nitrogen and oxygen atoms in total. The molecule has 0 aliphatic heterocycles. The largest absolute Gasteiger partial charge is 0.493 e. The predicted octanol–water partition coefficient (Wildman–Crippen LogP) is 4.89. The fraction of sp³-hybridized carbons (Fsp3) is 0.333. The maximum Gasteiger partial charge on any atom is 0.277 e. The number of nitrogens with zero attached hydrogens (tertiary/aromatic N) is 1. The summed E-state index contributed by atoms with van der Waals surface area (Å²) in [5.41, 5.74) is 4.48. The third kappa shape index (κ3) is 7.06. The molecule has 0 bridgehead atoms. The van der Waals surface area contributed by atoms with Crippen molar-refractivity contribution in [3.8, 4) is 11.5 Å². The first-order valence-corrected chi connectivity index (χ1v) is 9.76. The van der Waals surface area contributed by atoms with E-state index in [1.165, 1.54) is 5.56 Å². The van der Waals surface area contributed by atoms with Crippen LogP contribution in [0.3, 0.4) is 0 Å². The molecule has 0 unspecified atom stereocenters. The van der Waals surface area contributed by atoms with E-state index in [-0.39, 0.29) is 12.5 Å². The molecule has 0 saturated heterocycles. The molecular weight excluding hydrogens is 408 g/mol. The van der Waals surface area contributed by atoms with Gasteiger partial charge in [0.25, 0.3) is 5.91 Å². The number of ether oxygens (including phenoxy) is 2. The Morgan fingerprint density at radius 1 is 1.19 bits per heavy atom. The molecule has 144 valence electrons. The Morgan fingerprint density at radius 3 is 2.59 bits per heavy atom. The van der Waals surface area contributed by atoms with Gasteiger partial charge in [-0.1, -0.05) is 48.8 Å². The van der Waals surface area contributed by atoms with Gasteiger partial charge in [0.15, 0.2) is 6.61 Å². The lowest BCUT2D eigenvalue weighted by Gasteiger charge is -2.09. The second kappa shape index (κ2) is 10.7. The van der Waals surface area contributed by atoms with Crippen molar-refractivity contribution in [2.45, 2.75) is 33.1 Å². The number of hydrazone groups is 1. The van der Waals surface area contributed by atoms with E-state index in [9.17, 15) is 4.79 Å². The van der Waals surface area contributed by atoms with E-state index in [1.54, 1.807) is 6.21 Å². The summed E-state index contributed by atoms with van der Waals surface area (Å²) in [5, 5.41) is 4.00. The highest BCUT2D eigenvalue weighted by molar-refractivity contribution is 9.10. The van der Waals surface area contributed by atoms with Crippen LogP contribution in [-0.4, -0.2) is 25.3 Å². The highest BCUT2D eigenvalue weighted by atomic mass is 79.9. The van der Waals surface area contributed by atoms with E-state index >= 15 is 0 Å². The van der Waals surface area contributed by atoms with Crippen molar-refractivity contribution in [2.24, 2.45) is 5.10 Å². The predicted molar refractivity (Wildman–Crippen MR) is 112 cm³/mol. The number of carbonyl (C=O) groups is 1. The molecule has 6 heteroatoms. The van der Waals surface area contributed by atoms with E-state index in [4.69, 9.17) is 9.47 Å². The summed E-state index contributed by atoms with van der Waals surface area (Å²) in [5.74, 6) is 1.51. The monoisotopic (exact) mass is 432 g/mol. The number of halogens is 1. The van der Waals surface area contributed by atoms with Gasteiger partial charge in [-0.25, -0.2) is 5.43 Å². The summed E-state index contributed by atoms with van der Waals surface area (Å²) in [7, 11) is 0. The second-order valence-electron chi connectivity index (χ2n) is 6.34. The average molecular weight is 433 g/mol. The van der Waals surface area contributed by atoms with E-state index in [1.807, 2.05) is 49.4 Å². The van der Waals surface area contributed by atoms with Crippen molar-refractivity contribution >= 4 is 28.1 Å². The second-order valence-corrected chi connectivity index (χ2v) is 7.25. The van der Waals surface area contributed by atoms with Crippen molar-refractivity contribution < 1.29 is 14.3 Å². The van der Waals surface area contributed by atoms with Crippen molar-refractivity contribution in [3.05, 3.63) is 58.1 Å². The summed E-state index contributed by atoms with van der Waals surface area (Å²) in [6.45, 7) is 6.83. The summed E-state index contributed by atoms with van der Waals surface area (Å²) in [6, 6.07) is 13.4. The molecule has 0 spiro atoms. The van der Waals surface area contributed by atoms with Gasteiger partial charge in [-0.05, 0) is 48.2 Å². The molecule has 0 atom stereocenters. The summed E-state index contributed by atoms with van der Waals surface area (Å²) in [4.78, 5) is 11.9. The number of rotatable bonds is 9. The first kappa shape index (κ1) is 21.0. The molecule has 0 aliphatic rings. The quantitative estimate of drug-likeness (QED) is 0.453. The summed E-state index contributed by atoms with van der Waals surface area (Å²) in [6.07, 6.45) is 2.48. The third-order valence-electron chi connectivity index (χ3n) is 3.74. The van der Waals surface area contributed by atoms with Crippen LogP contribution in [-0.2, 0) is 4.79 Å². The maximum absolute atomic E-state index is 11.9. The van der Waals surface area contributed by atoms with Crippen molar-refractivity contribution in [3.63, 3.8) is 0 Å². The van der Waals surface area contributed by atoms with Gasteiger partial charge < -0.3 is 9.47 Å². The van der Waals surface area contributed by atoms with Gasteiger partial charge in [-0.3, -0.25) is 4.79 Å². The molecule has 0 heterocycles. The lowest BCUT2D eigenvalue weighted by atomic mass is 10.0. The van der Waals surface area contributed by atoms with E-state index in [0.29, 0.717) is 18.3 Å². The van der Waals surface area contributed by atoms with E-state index in [0.717, 1.165) is 22.2 Å². The molecule has 0 fully saturated rings. The Balaban J connectivity index is 1.87. The zero-order valence-corrected chi connectivity index (χ0v) is 17.5. The number of benzene rings is 2. The molecule has 0 aliphatic carbocycles. The summed E-state index contributed by atoms with van der Waals surface area (Å²) < 4.78 is 12.1. The molecule has 2 rings (SSSR count). The highest BCUT2D eigenvalue weighted by Crippen LogP contribution is 2.22. The molecule has 0 aromatic heterocycles. The highest BCUT2D eigenvalue weighted by Gasteiger charge is 2.05. The minimum absolute atomic E-state index is 0.101. The van der Waals surface area contributed by atoms with Crippen LogP contribution in [0, 0.1) is 0 Å². The zero-order chi connectivity index (χ0) is 19.6. The smallest absolute Gasteiger partial charge is 0.277 e. The van der Waals surface area contributed by atoms with E-state index < -0.39 is 0 Å². The lowest BCUT2D eigenvalue weighted by molar-refractivity contribution is -0.123. The fourth-order valence-electron chi connectivity index (χ4n) is 2.27. The maximum atomic E-state index is 11.9. The lowest BCUT2D eigenvalue weighted by Crippen LogP contribution is -2.24. The van der Waals surface area contributed by atoms with Crippen molar-refractivity contribution in [1.29, 1.82) is 0 Å². The average Bonchev–Trinajstić information content (AvgIpc) is 2.66.